The van der Waals surface area contributed by atoms with Gasteiger partial charge in [-0.1, -0.05) is 0 Å². The van der Waals surface area contributed by atoms with Crippen LogP contribution in [-0.4, -0.2) is 24.0 Å². The van der Waals surface area contributed by atoms with E-state index in [2.05, 4.69) is 9.82 Å². The van der Waals surface area contributed by atoms with Crippen molar-refractivity contribution in [3.05, 3.63) is 24.0 Å². The molecule has 15 heavy (non-hydrogen) atoms. The van der Waals surface area contributed by atoms with Gasteiger partial charge in [0.25, 0.3) is 0 Å². The van der Waals surface area contributed by atoms with Crippen molar-refractivity contribution >= 4 is 11.9 Å². The van der Waals surface area contributed by atoms with Crippen molar-refractivity contribution in [2.45, 2.75) is 6.92 Å². The Morgan fingerprint density at radius 3 is 2.60 bits per heavy atom. The minimum absolute atomic E-state index is 0.136. The van der Waals surface area contributed by atoms with E-state index >= 15 is 0 Å². The van der Waals surface area contributed by atoms with E-state index in [1.165, 1.54) is 26.3 Å². The number of carbonyl (C=O) groups excluding carboxylic acids is 2. The van der Waals surface area contributed by atoms with E-state index in [9.17, 15) is 9.59 Å². The van der Waals surface area contributed by atoms with Crippen molar-refractivity contribution < 1.29 is 19.2 Å². The number of nitrogens with zero attached hydrogens (tertiary/aromatic N) is 1. The van der Waals surface area contributed by atoms with E-state index in [0.29, 0.717) is 5.75 Å². The molecule has 0 atom stereocenters. The SMILES string of the molecule is COc1ccc(C(=O)NOC(C)=O)nc1. The summed E-state index contributed by atoms with van der Waals surface area (Å²) in [5.74, 6) is -0.649. The maximum atomic E-state index is 11.3. The summed E-state index contributed by atoms with van der Waals surface area (Å²) >= 11 is 0. The first-order valence-electron chi connectivity index (χ1n) is 4.11. The number of ether oxygens (including phenoxy) is 1. The second kappa shape index (κ2) is 4.94. The Morgan fingerprint density at radius 2 is 2.13 bits per heavy atom. The molecule has 0 spiro atoms. The largest absolute Gasteiger partial charge is 0.495 e. The first kappa shape index (κ1) is 11.0. The van der Waals surface area contributed by atoms with Crippen molar-refractivity contribution in [3.8, 4) is 5.75 Å². The Hall–Kier alpha value is -2.11. The Morgan fingerprint density at radius 1 is 1.40 bits per heavy atom. The van der Waals surface area contributed by atoms with E-state index < -0.39 is 11.9 Å². The van der Waals surface area contributed by atoms with Crippen LogP contribution in [0.3, 0.4) is 0 Å². The average Bonchev–Trinajstić information content (AvgIpc) is 2.26. The highest BCUT2D eigenvalue weighted by Crippen LogP contribution is 2.07. The summed E-state index contributed by atoms with van der Waals surface area (Å²) in [6.07, 6.45) is 1.39. The third kappa shape index (κ3) is 3.26. The Balaban J connectivity index is 2.62. The molecule has 6 heteroatoms. The van der Waals surface area contributed by atoms with Crippen molar-refractivity contribution in [1.29, 1.82) is 0 Å². The first-order valence-corrected chi connectivity index (χ1v) is 4.11. The van der Waals surface area contributed by atoms with Crippen molar-refractivity contribution in [3.63, 3.8) is 0 Å². The van der Waals surface area contributed by atoms with Gasteiger partial charge >= 0.3 is 11.9 Å². The average molecular weight is 210 g/mol. The number of hydroxylamine groups is 1. The van der Waals surface area contributed by atoms with Crippen molar-refractivity contribution in [2.24, 2.45) is 0 Å². The smallest absolute Gasteiger partial charge is 0.329 e. The van der Waals surface area contributed by atoms with Crippen molar-refractivity contribution in [2.75, 3.05) is 7.11 Å². The lowest BCUT2D eigenvalue weighted by Gasteiger charge is -2.03. The summed E-state index contributed by atoms with van der Waals surface area (Å²) in [6.45, 7) is 1.18. The van der Waals surface area contributed by atoms with E-state index in [1.807, 2.05) is 5.48 Å². The van der Waals surface area contributed by atoms with Gasteiger partial charge in [0, 0.05) is 6.92 Å². The van der Waals surface area contributed by atoms with Crippen LogP contribution in [0.25, 0.3) is 0 Å². The van der Waals surface area contributed by atoms with Gasteiger partial charge in [-0.2, -0.15) is 5.48 Å². The summed E-state index contributed by atoms with van der Waals surface area (Å²) in [4.78, 5) is 29.8. The number of pyridine rings is 1. The second-order valence-corrected chi connectivity index (χ2v) is 2.61. The molecular formula is C9H10N2O4. The fraction of sp³-hybridized carbons (Fsp3) is 0.222. The van der Waals surface area contributed by atoms with Crippen LogP contribution in [0.2, 0.25) is 0 Å². The molecule has 6 nitrogen and oxygen atoms in total. The molecule has 0 saturated carbocycles. The first-order chi connectivity index (χ1) is 7.13. The van der Waals surface area contributed by atoms with Crippen molar-refractivity contribution in [1.82, 2.24) is 10.5 Å². The third-order valence-corrected chi connectivity index (χ3v) is 1.49. The van der Waals surface area contributed by atoms with E-state index in [0.717, 1.165) is 0 Å². The van der Waals surface area contributed by atoms with Gasteiger partial charge in [-0.3, -0.25) is 9.59 Å². The van der Waals surface area contributed by atoms with Gasteiger partial charge in [-0.15, -0.1) is 0 Å². The highest BCUT2D eigenvalue weighted by molar-refractivity contribution is 5.92. The predicted octanol–water partition coefficient (Wildman–Crippen LogP) is 0.298. The number of nitrogens with one attached hydrogen (secondary N) is 1. The van der Waals surface area contributed by atoms with Crippen LogP contribution in [0.5, 0.6) is 5.75 Å². The number of methoxy groups -OCH3 is 1. The number of rotatable bonds is 2. The standard InChI is InChI=1S/C9H10N2O4/c1-6(12)15-11-9(13)8-4-3-7(14-2)5-10-8/h3-5H,1-2H3,(H,11,13). The molecule has 1 aromatic rings. The molecule has 0 saturated heterocycles. The molecular weight excluding hydrogens is 200 g/mol. The third-order valence-electron chi connectivity index (χ3n) is 1.49. The Kier molecular flexibility index (Phi) is 3.61. The van der Waals surface area contributed by atoms with E-state index in [1.54, 1.807) is 6.07 Å². The minimum atomic E-state index is -0.600. The van der Waals surface area contributed by atoms with Gasteiger partial charge < -0.3 is 9.57 Å². The zero-order chi connectivity index (χ0) is 11.3. The van der Waals surface area contributed by atoms with Crippen LogP contribution in [0.1, 0.15) is 17.4 Å². The second-order valence-electron chi connectivity index (χ2n) is 2.61. The van der Waals surface area contributed by atoms with Gasteiger partial charge in [0.15, 0.2) is 0 Å². The van der Waals surface area contributed by atoms with E-state index in [-0.39, 0.29) is 5.69 Å². The highest BCUT2D eigenvalue weighted by atomic mass is 16.7. The maximum absolute atomic E-state index is 11.3. The van der Waals surface area contributed by atoms with Crippen LogP contribution in [0.4, 0.5) is 0 Å². The summed E-state index contributed by atoms with van der Waals surface area (Å²) in [6, 6.07) is 3.04. The van der Waals surface area contributed by atoms with Crippen LogP contribution < -0.4 is 10.2 Å². The lowest BCUT2D eigenvalue weighted by Crippen LogP contribution is -2.26. The summed E-state index contributed by atoms with van der Waals surface area (Å²) in [5.41, 5.74) is 2.08. The molecule has 0 aliphatic rings. The minimum Gasteiger partial charge on any atom is -0.495 e. The monoisotopic (exact) mass is 210 g/mol. The van der Waals surface area contributed by atoms with Gasteiger partial charge in [0.2, 0.25) is 0 Å². The summed E-state index contributed by atoms with van der Waals surface area (Å²) in [7, 11) is 1.50. The molecule has 1 amide bonds. The Labute approximate surface area is 86.2 Å². The molecule has 80 valence electrons. The summed E-state index contributed by atoms with van der Waals surface area (Å²) < 4.78 is 4.87. The zero-order valence-electron chi connectivity index (χ0n) is 8.31. The molecule has 0 bridgehead atoms. The molecule has 0 aromatic carbocycles. The van der Waals surface area contributed by atoms with Crippen LogP contribution in [0, 0.1) is 0 Å². The molecule has 0 aliphatic carbocycles. The van der Waals surface area contributed by atoms with Gasteiger partial charge in [0.1, 0.15) is 11.4 Å². The number of hydrogen-bond donors (Lipinski definition) is 1. The lowest BCUT2D eigenvalue weighted by molar-refractivity contribution is -0.146. The molecule has 1 rings (SSSR count). The fourth-order valence-electron chi connectivity index (χ4n) is 0.806. The molecule has 0 radical (unpaired) electrons. The van der Waals surface area contributed by atoms with Crippen LogP contribution in [0.15, 0.2) is 18.3 Å². The molecule has 1 heterocycles. The zero-order valence-corrected chi connectivity index (χ0v) is 8.31. The quantitative estimate of drug-likeness (QED) is 0.710. The molecule has 0 aliphatic heterocycles. The molecule has 1 aromatic heterocycles. The van der Waals surface area contributed by atoms with Gasteiger partial charge in [-0.25, -0.2) is 4.98 Å². The highest BCUT2D eigenvalue weighted by Gasteiger charge is 2.08. The predicted molar refractivity (Wildman–Crippen MR) is 50.0 cm³/mol. The van der Waals surface area contributed by atoms with Gasteiger partial charge in [-0.05, 0) is 12.1 Å². The number of hydrogen-bond acceptors (Lipinski definition) is 5. The summed E-state index contributed by atoms with van der Waals surface area (Å²) in [5, 5.41) is 0. The molecule has 0 unspecified atom stereocenters. The lowest BCUT2D eigenvalue weighted by atomic mass is 10.3. The van der Waals surface area contributed by atoms with Gasteiger partial charge in [0.05, 0.1) is 13.3 Å². The number of aromatic nitrogens is 1. The van der Waals surface area contributed by atoms with E-state index in [4.69, 9.17) is 4.74 Å². The number of carbonyl (C=O) groups is 2. The normalized spacial score (nSPS) is 9.20. The molecule has 0 fully saturated rings. The van der Waals surface area contributed by atoms with Crippen LogP contribution in [-0.2, 0) is 9.63 Å². The Bertz CT molecular complexity index is 361. The van der Waals surface area contributed by atoms with Crippen LogP contribution >= 0.6 is 0 Å². The number of amides is 1. The maximum Gasteiger partial charge on any atom is 0.329 e. The fourth-order valence-corrected chi connectivity index (χ4v) is 0.806. The molecule has 1 N–H and O–H groups in total. The topological polar surface area (TPSA) is 77.5 Å².